The molecular weight excluding hydrogens is 232 g/mol. The summed E-state index contributed by atoms with van der Waals surface area (Å²) in [5, 5.41) is 3.23. The van der Waals surface area contributed by atoms with Gasteiger partial charge in [0.1, 0.15) is 0 Å². The molecule has 0 saturated carbocycles. The highest BCUT2D eigenvalue weighted by Crippen LogP contribution is 2.28. The molecule has 0 radical (unpaired) electrons. The summed E-state index contributed by atoms with van der Waals surface area (Å²) in [6.45, 7) is 0.375. The van der Waals surface area contributed by atoms with Gasteiger partial charge in [-0.3, -0.25) is 15.0 Å². The molecule has 0 aliphatic carbocycles. The lowest BCUT2D eigenvalue weighted by molar-refractivity contribution is -0.120. The van der Waals surface area contributed by atoms with Crippen molar-refractivity contribution in [2.45, 2.75) is 6.42 Å². The first-order valence-corrected chi connectivity index (χ1v) is 5.63. The Hall–Kier alpha value is -2.50. The number of nitrogens with two attached hydrogens (primary N) is 1. The van der Waals surface area contributed by atoms with E-state index in [9.17, 15) is 9.59 Å². The molecule has 18 heavy (non-hydrogen) atoms. The Balaban J connectivity index is 2.03. The zero-order valence-electron chi connectivity index (χ0n) is 9.56. The summed E-state index contributed by atoms with van der Waals surface area (Å²) in [4.78, 5) is 27.4. The maximum atomic E-state index is 11.7. The van der Waals surface area contributed by atoms with Crippen LogP contribution in [0.25, 0.3) is 10.9 Å². The molecule has 4 N–H and O–H groups in total. The number of anilines is 2. The monoisotopic (exact) mass is 244 g/mol. The van der Waals surface area contributed by atoms with Gasteiger partial charge in [-0.1, -0.05) is 0 Å². The molecule has 0 atom stereocenters. The van der Waals surface area contributed by atoms with Gasteiger partial charge in [-0.05, 0) is 18.2 Å². The van der Waals surface area contributed by atoms with E-state index >= 15 is 0 Å². The smallest absolute Gasteiger partial charge is 0.328 e. The molecular formula is C12H12N4O2. The van der Waals surface area contributed by atoms with E-state index in [1.807, 2.05) is 12.1 Å². The van der Waals surface area contributed by atoms with Gasteiger partial charge in [0.2, 0.25) is 5.91 Å². The maximum Gasteiger partial charge on any atom is 0.328 e. The lowest BCUT2D eigenvalue weighted by Gasteiger charge is -2.26. The number of fused-ring (bicyclic) bond motifs is 1. The van der Waals surface area contributed by atoms with E-state index in [2.05, 4.69) is 10.3 Å². The molecule has 1 aliphatic heterocycles. The van der Waals surface area contributed by atoms with Gasteiger partial charge in [-0.2, -0.15) is 0 Å². The average Bonchev–Trinajstić information content (AvgIpc) is 2.77. The number of rotatable bonds is 1. The number of carbonyl (C=O) groups is 2. The molecule has 6 nitrogen and oxygen atoms in total. The fourth-order valence-electron chi connectivity index (χ4n) is 2.15. The van der Waals surface area contributed by atoms with Crippen molar-refractivity contribution in [1.29, 1.82) is 0 Å². The van der Waals surface area contributed by atoms with Crippen molar-refractivity contribution in [1.82, 2.24) is 10.3 Å². The molecule has 1 fully saturated rings. The second-order valence-corrected chi connectivity index (χ2v) is 4.23. The molecule has 1 aliphatic rings. The summed E-state index contributed by atoms with van der Waals surface area (Å²) < 4.78 is 0. The Morgan fingerprint density at radius 1 is 1.28 bits per heavy atom. The first-order chi connectivity index (χ1) is 8.65. The van der Waals surface area contributed by atoms with Crippen molar-refractivity contribution in [3.05, 3.63) is 24.4 Å². The first-order valence-electron chi connectivity index (χ1n) is 5.63. The minimum absolute atomic E-state index is 0.244. The highest BCUT2D eigenvalue weighted by Gasteiger charge is 2.24. The third kappa shape index (κ3) is 1.58. The summed E-state index contributed by atoms with van der Waals surface area (Å²) in [5.74, 6) is -0.244. The van der Waals surface area contributed by atoms with Gasteiger partial charge in [0.05, 0.1) is 11.2 Å². The number of nitrogens with zero attached hydrogens (tertiary/aromatic N) is 1. The zero-order valence-corrected chi connectivity index (χ0v) is 9.56. The van der Waals surface area contributed by atoms with E-state index in [0.29, 0.717) is 24.3 Å². The van der Waals surface area contributed by atoms with Crippen molar-refractivity contribution in [2.75, 3.05) is 17.2 Å². The van der Waals surface area contributed by atoms with Gasteiger partial charge >= 0.3 is 6.03 Å². The largest absolute Gasteiger partial charge is 0.397 e. The molecule has 3 rings (SSSR count). The lowest BCUT2D eigenvalue weighted by atomic mass is 10.1. The van der Waals surface area contributed by atoms with Crippen molar-refractivity contribution in [3.8, 4) is 0 Å². The number of amides is 3. The Morgan fingerprint density at radius 3 is 2.89 bits per heavy atom. The molecule has 1 aromatic carbocycles. The molecule has 1 aromatic heterocycles. The van der Waals surface area contributed by atoms with Gasteiger partial charge in [0.15, 0.2) is 0 Å². The lowest BCUT2D eigenvalue weighted by Crippen LogP contribution is -2.49. The fourth-order valence-corrected chi connectivity index (χ4v) is 2.15. The predicted octanol–water partition coefficient (Wildman–Crippen LogP) is 1.20. The number of hydrogen-bond donors (Lipinski definition) is 3. The molecule has 6 heteroatoms. The number of carbonyl (C=O) groups excluding carboxylic acids is 2. The Kier molecular flexibility index (Phi) is 2.22. The van der Waals surface area contributed by atoms with Gasteiger partial charge in [0.25, 0.3) is 0 Å². The number of urea groups is 1. The molecule has 0 bridgehead atoms. The Bertz CT molecular complexity index is 647. The van der Waals surface area contributed by atoms with E-state index in [1.165, 1.54) is 4.90 Å². The number of nitrogens with one attached hydrogen (secondary N) is 2. The van der Waals surface area contributed by atoms with Gasteiger partial charge in [0, 0.05) is 30.2 Å². The number of hydrogen-bond acceptors (Lipinski definition) is 3. The van der Waals surface area contributed by atoms with E-state index in [-0.39, 0.29) is 5.91 Å². The summed E-state index contributed by atoms with van der Waals surface area (Å²) in [7, 11) is 0. The Morgan fingerprint density at radius 2 is 2.11 bits per heavy atom. The number of H-pyrrole nitrogens is 1. The van der Waals surface area contributed by atoms with Crippen LogP contribution >= 0.6 is 0 Å². The molecule has 0 spiro atoms. The highest BCUT2D eigenvalue weighted by molar-refractivity contribution is 6.07. The summed E-state index contributed by atoms with van der Waals surface area (Å²) in [6, 6.07) is 5.09. The van der Waals surface area contributed by atoms with Crippen molar-refractivity contribution < 1.29 is 9.59 Å². The molecule has 1 saturated heterocycles. The standard InChI is InChI=1S/C12H12N4O2/c13-9-6-8(5-7-1-3-14-11(7)9)16-4-2-10(17)15-12(16)18/h1,3,5-6,14H,2,4,13H2,(H,15,17,18). The third-order valence-corrected chi connectivity index (χ3v) is 3.04. The van der Waals surface area contributed by atoms with E-state index in [0.717, 1.165) is 10.9 Å². The zero-order chi connectivity index (χ0) is 12.7. The Labute approximate surface area is 103 Å². The van der Waals surface area contributed by atoms with Crippen LogP contribution in [-0.4, -0.2) is 23.5 Å². The number of aromatic nitrogens is 1. The summed E-state index contributed by atoms with van der Waals surface area (Å²) in [5.41, 5.74) is 8.06. The van der Waals surface area contributed by atoms with Crippen LogP contribution in [0.5, 0.6) is 0 Å². The number of nitrogen functional groups attached to an aromatic ring is 1. The summed E-state index contributed by atoms with van der Waals surface area (Å²) in [6.07, 6.45) is 2.10. The van der Waals surface area contributed by atoms with Crippen LogP contribution in [0.2, 0.25) is 0 Å². The average molecular weight is 244 g/mol. The normalized spacial score (nSPS) is 16.1. The SMILES string of the molecule is Nc1cc(N2CCC(=O)NC2=O)cc2cc[nH]c12. The second kappa shape index (κ2) is 3.76. The molecule has 2 aromatic rings. The number of benzene rings is 1. The van der Waals surface area contributed by atoms with Crippen LogP contribution in [0.1, 0.15) is 6.42 Å². The van der Waals surface area contributed by atoms with Gasteiger partial charge in [-0.25, -0.2) is 4.79 Å². The first kappa shape index (κ1) is 10.6. The number of aromatic amines is 1. The van der Waals surface area contributed by atoms with E-state index in [1.54, 1.807) is 12.3 Å². The van der Waals surface area contributed by atoms with E-state index in [4.69, 9.17) is 5.73 Å². The van der Waals surface area contributed by atoms with Crippen molar-refractivity contribution in [3.63, 3.8) is 0 Å². The van der Waals surface area contributed by atoms with Crippen molar-refractivity contribution >= 4 is 34.2 Å². The quantitative estimate of drug-likeness (QED) is 0.658. The van der Waals surface area contributed by atoms with Crippen LogP contribution < -0.4 is 16.0 Å². The third-order valence-electron chi connectivity index (χ3n) is 3.04. The van der Waals surface area contributed by atoms with E-state index < -0.39 is 6.03 Å². The van der Waals surface area contributed by atoms with Crippen LogP contribution in [0.3, 0.4) is 0 Å². The van der Waals surface area contributed by atoms with Crippen molar-refractivity contribution in [2.24, 2.45) is 0 Å². The van der Waals surface area contributed by atoms with Crippen LogP contribution in [0.15, 0.2) is 24.4 Å². The predicted molar refractivity (Wildman–Crippen MR) is 68.2 cm³/mol. The highest BCUT2D eigenvalue weighted by atomic mass is 16.2. The topological polar surface area (TPSA) is 91.2 Å². The van der Waals surface area contributed by atoms with Crippen LogP contribution in [0.4, 0.5) is 16.2 Å². The number of imide groups is 1. The molecule has 3 amide bonds. The second-order valence-electron chi connectivity index (χ2n) is 4.23. The van der Waals surface area contributed by atoms with Gasteiger partial charge < -0.3 is 10.7 Å². The minimum atomic E-state index is -0.402. The molecule has 2 heterocycles. The van der Waals surface area contributed by atoms with Crippen LogP contribution in [-0.2, 0) is 4.79 Å². The minimum Gasteiger partial charge on any atom is -0.397 e. The molecule has 0 unspecified atom stereocenters. The fraction of sp³-hybridized carbons (Fsp3) is 0.167. The van der Waals surface area contributed by atoms with Crippen LogP contribution in [0, 0.1) is 0 Å². The molecule has 92 valence electrons. The van der Waals surface area contributed by atoms with Gasteiger partial charge in [-0.15, -0.1) is 0 Å². The maximum absolute atomic E-state index is 11.7. The summed E-state index contributed by atoms with van der Waals surface area (Å²) >= 11 is 0.